The average Bonchev–Trinajstić information content (AvgIpc) is 2.72. The number of fused-ring (bicyclic) bond motifs is 1. The molecule has 9 heteroatoms. The Labute approximate surface area is 119 Å². The van der Waals surface area contributed by atoms with Gasteiger partial charge in [0.2, 0.25) is 10.0 Å². The molecule has 2 aromatic rings. The molecular weight excluding hydrogens is 309 g/mol. The van der Waals surface area contributed by atoms with Gasteiger partial charge in [0, 0.05) is 23.6 Å². The zero-order chi connectivity index (χ0) is 15.7. The zero-order valence-electron chi connectivity index (χ0n) is 10.8. The fourth-order valence-corrected chi connectivity index (χ4v) is 2.73. The summed E-state index contributed by atoms with van der Waals surface area (Å²) in [5.41, 5.74) is 0.567. The molecule has 0 fully saturated rings. The number of sulfonamides is 1. The van der Waals surface area contributed by atoms with Crippen molar-refractivity contribution < 1.29 is 26.3 Å². The number of para-hydroxylation sites is 1. The third-order valence-electron chi connectivity index (χ3n) is 2.80. The summed E-state index contributed by atoms with van der Waals surface area (Å²) >= 11 is 0. The summed E-state index contributed by atoms with van der Waals surface area (Å²) in [5, 5.41) is 5.55. The third-order valence-corrected chi connectivity index (χ3v) is 3.74. The minimum atomic E-state index is -4.38. The Morgan fingerprint density at radius 2 is 1.90 bits per heavy atom. The number of aromatic nitrogens is 1. The van der Waals surface area contributed by atoms with Crippen LogP contribution in [0, 0.1) is 0 Å². The fourth-order valence-electron chi connectivity index (χ4n) is 1.98. The molecule has 1 heterocycles. The topological polar surface area (TPSA) is 74.3 Å². The number of hydrogen-bond acceptors (Lipinski definition) is 3. The summed E-state index contributed by atoms with van der Waals surface area (Å²) in [6.45, 7) is -1.44. The molecule has 116 valence electrons. The molecule has 0 saturated heterocycles. The van der Waals surface area contributed by atoms with Gasteiger partial charge in [-0.05, 0) is 6.07 Å². The van der Waals surface area contributed by atoms with Gasteiger partial charge in [-0.2, -0.15) is 13.2 Å². The highest BCUT2D eigenvalue weighted by molar-refractivity contribution is 7.89. The SMILES string of the molecule is NS(=O)(=O)c1cn(CCOCC(F)(F)F)c2ccccc12. The van der Waals surface area contributed by atoms with Crippen molar-refractivity contribution >= 4 is 20.9 Å². The molecule has 2 N–H and O–H groups in total. The molecule has 0 aliphatic heterocycles. The van der Waals surface area contributed by atoms with E-state index < -0.39 is 22.8 Å². The number of benzene rings is 1. The van der Waals surface area contributed by atoms with E-state index in [4.69, 9.17) is 5.14 Å². The van der Waals surface area contributed by atoms with E-state index in [1.165, 1.54) is 10.8 Å². The normalized spacial score (nSPS) is 13.0. The number of rotatable bonds is 5. The molecule has 0 aliphatic rings. The lowest BCUT2D eigenvalue weighted by Gasteiger charge is -2.08. The molecule has 5 nitrogen and oxygen atoms in total. The minimum Gasteiger partial charge on any atom is -0.370 e. The molecule has 0 aliphatic carbocycles. The summed E-state index contributed by atoms with van der Waals surface area (Å²) in [7, 11) is -3.90. The molecule has 0 saturated carbocycles. The molecule has 0 unspecified atom stereocenters. The fraction of sp³-hybridized carbons (Fsp3) is 0.333. The lowest BCUT2D eigenvalue weighted by atomic mass is 10.2. The Morgan fingerprint density at radius 1 is 1.24 bits per heavy atom. The van der Waals surface area contributed by atoms with Crippen LogP contribution in [0.1, 0.15) is 0 Å². The second kappa shape index (κ2) is 5.66. The van der Waals surface area contributed by atoms with E-state index in [2.05, 4.69) is 4.74 Å². The largest absolute Gasteiger partial charge is 0.411 e. The lowest BCUT2D eigenvalue weighted by Crippen LogP contribution is -2.18. The van der Waals surface area contributed by atoms with E-state index in [0.29, 0.717) is 10.9 Å². The first-order valence-electron chi connectivity index (χ1n) is 5.94. The van der Waals surface area contributed by atoms with Crippen LogP contribution >= 0.6 is 0 Å². The Morgan fingerprint density at radius 3 is 2.52 bits per heavy atom. The van der Waals surface area contributed by atoms with Crippen molar-refractivity contribution in [3.8, 4) is 0 Å². The van der Waals surface area contributed by atoms with Gasteiger partial charge in [0.1, 0.15) is 11.5 Å². The summed E-state index contributed by atoms with van der Waals surface area (Å²) in [4.78, 5) is -0.0612. The smallest absolute Gasteiger partial charge is 0.370 e. The molecule has 0 amide bonds. The molecule has 0 bridgehead atoms. The van der Waals surface area contributed by atoms with E-state index in [-0.39, 0.29) is 18.0 Å². The van der Waals surface area contributed by atoms with Crippen molar-refractivity contribution in [2.45, 2.75) is 17.6 Å². The van der Waals surface area contributed by atoms with Crippen molar-refractivity contribution in [3.63, 3.8) is 0 Å². The molecule has 0 radical (unpaired) electrons. The highest BCUT2D eigenvalue weighted by Crippen LogP contribution is 2.24. The van der Waals surface area contributed by atoms with Gasteiger partial charge >= 0.3 is 6.18 Å². The van der Waals surface area contributed by atoms with E-state index in [1.54, 1.807) is 24.3 Å². The Hall–Kier alpha value is -1.58. The van der Waals surface area contributed by atoms with Gasteiger partial charge in [0.05, 0.1) is 6.61 Å². The maximum absolute atomic E-state index is 12.0. The summed E-state index contributed by atoms with van der Waals surface area (Å²) < 4.78 is 64.9. The van der Waals surface area contributed by atoms with Crippen LogP contribution in [-0.2, 0) is 21.3 Å². The van der Waals surface area contributed by atoms with Crippen molar-refractivity contribution in [1.29, 1.82) is 0 Å². The number of alkyl halides is 3. The van der Waals surface area contributed by atoms with Crippen LogP contribution in [-0.4, -0.2) is 32.4 Å². The van der Waals surface area contributed by atoms with Gasteiger partial charge in [-0.25, -0.2) is 13.6 Å². The zero-order valence-corrected chi connectivity index (χ0v) is 11.6. The Kier molecular flexibility index (Phi) is 4.26. The maximum Gasteiger partial charge on any atom is 0.411 e. The minimum absolute atomic E-state index is 0.0612. The van der Waals surface area contributed by atoms with E-state index in [9.17, 15) is 21.6 Å². The van der Waals surface area contributed by atoms with Crippen LogP contribution in [0.2, 0.25) is 0 Å². The Bertz CT molecular complexity index is 738. The lowest BCUT2D eigenvalue weighted by molar-refractivity contribution is -0.174. The summed E-state index contributed by atoms with van der Waals surface area (Å²) in [6.07, 6.45) is -3.08. The number of nitrogens with zero attached hydrogens (tertiary/aromatic N) is 1. The van der Waals surface area contributed by atoms with Crippen molar-refractivity contribution in [3.05, 3.63) is 30.5 Å². The predicted molar refractivity (Wildman–Crippen MR) is 70.2 cm³/mol. The van der Waals surface area contributed by atoms with Gasteiger partial charge in [0.25, 0.3) is 0 Å². The van der Waals surface area contributed by atoms with Gasteiger partial charge in [-0.3, -0.25) is 0 Å². The summed E-state index contributed by atoms with van der Waals surface area (Å²) in [5.74, 6) is 0. The van der Waals surface area contributed by atoms with Gasteiger partial charge < -0.3 is 9.30 Å². The molecular formula is C12H13F3N2O3S. The van der Waals surface area contributed by atoms with Gasteiger partial charge in [-0.1, -0.05) is 18.2 Å². The first-order valence-corrected chi connectivity index (χ1v) is 7.48. The molecule has 0 spiro atoms. The molecule has 0 atom stereocenters. The molecule has 1 aromatic heterocycles. The highest BCUT2D eigenvalue weighted by Gasteiger charge is 2.27. The quantitative estimate of drug-likeness (QED) is 0.854. The van der Waals surface area contributed by atoms with Crippen molar-refractivity contribution in [2.24, 2.45) is 5.14 Å². The van der Waals surface area contributed by atoms with Crippen molar-refractivity contribution in [1.82, 2.24) is 4.57 Å². The van der Waals surface area contributed by atoms with Crippen LogP contribution < -0.4 is 5.14 Å². The first kappa shape index (κ1) is 15.8. The molecule has 2 rings (SSSR count). The number of ether oxygens (including phenoxy) is 1. The number of primary sulfonamides is 1. The Balaban J connectivity index is 2.21. The second-order valence-corrected chi connectivity index (χ2v) is 5.95. The predicted octanol–water partition coefficient (Wildman–Crippen LogP) is 1.87. The third kappa shape index (κ3) is 3.96. The standard InChI is InChI=1S/C12H13F3N2O3S/c13-12(14,15)8-20-6-5-17-7-11(21(16,18)19)9-3-1-2-4-10(9)17/h1-4,7H,5-6,8H2,(H2,16,18,19). The number of nitrogens with two attached hydrogens (primary N) is 1. The second-order valence-electron chi connectivity index (χ2n) is 4.42. The van der Waals surface area contributed by atoms with E-state index in [1.807, 2.05) is 0 Å². The van der Waals surface area contributed by atoms with Crippen LogP contribution in [0.4, 0.5) is 13.2 Å². The maximum atomic E-state index is 12.0. The van der Waals surface area contributed by atoms with Crippen LogP contribution in [0.5, 0.6) is 0 Å². The highest BCUT2D eigenvalue weighted by atomic mass is 32.2. The average molecular weight is 322 g/mol. The molecule has 21 heavy (non-hydrogen) atoms. The van der Waals surface area contributed by atoms with E-state index in [0.717, 1.165) is 0 Å². The monoisotopic (exact) mass is 322 g/mol. The number of hydrogen-bond donors (Lipinski definition) is 1. The van der Waals surface area contributed by atoms with Gasteiger partial charge in [-0.15, -0.1) is 0 Å². The number of halogens is 3. The van der Waals surface area contributed by atoms with Crippen LogP contribution in [0.15, 0.2) is 35.4 Å². The first-order chi connectivity index (χ1) is 9.68. The summed E-state index contributed by atoms with van der Waals surface area (Å²) in [6, 6.07) is 6.60. The van der Waals surface area contributed by atoms with E-state index >= 15 is 0 Å². The van der Waals surface area contributed by atoms with Crippen LogP contribution in [0.3, 0.4) is 0 Å². The van der Waals surface area contributed by atoms with Crippen LogP contribution in [0.25, 0.3) is 10.9 Å². The molecule has 1 aromatic carbocycles. The van der Waals surface area contributed by atoms with Gasteiger partial charge in [0.15, 0.2) is 0 Å². The van der Waals surface area contributed by atoms with Crippen molar-refractivity contribution in [2.75, 3.05) is 13.2 Å².